The number of carbonyl (C=O) groups excluding carboxylic acids is 3. The van der Waals surface area contributed by atoms with Gasteiger partial charge in [0.25, 0.3) is 0 Å². The minimum Gasteiger partial charge on any atom is -0.450 e. The number of ether oxygens (including phenoxy) is 1. The van der Waals surface area contributed by atoms with Crippen molar-refractivity contribution in [3.8, 4) is 0 Å². The number of ketones is 3. The fraction of sp³-hybridized carbons (Fsp3) is 0.600. The maximum atomic E-state index is 11.5. The van der Waals surface area contributed by atoms with E-state index in [0.717, 1.165) is 0 Å². The normalized spacial score (nSPS) is 25.3. The van der Waals surface area contributed by atoms with Crippen LogP contribution in [0.3, 0.4) is 0 Å². The molecule has 0 aromatic carbocycles. The van der Waals surface area contributed by atoms with Crippen molar-refractivity contribution >= 4 is 23.5 Å². The predicted molar refractivity (Wildman–Crippen MR) is 50.9 cm³/mol. The van der Waals surface area contributed by atoms with Crippen molar-refractivity contribution in [3.63, 3.8) is 0 Å². The highest BCUT2D eigenvalue weighted by Crippen LogP contribution is 2.22. The van der Waals surface area contributed by atoms with Gasteiger partial charge in [0.15, 0.2) is 17.3 Å². The molecule has 6 heteroatoms. The molecule has 16 heavy (non-hydrogen) atoms. The Kier molecular flexibility index (Phi) is 3.76. The van der Waals surface area contributed by atoms with Crippen LogP contribution in [0.1, 0.15) is 26.2 Å². The number of rotatable bonds is 3. The van der Waals surface area contributed by atoms with Crippen molar-refractivity contribution in [2.24, 2.45) is 5.92 Å². The topological polar surface area (TPSA) is 97.7 Å². The van der Waals surface area contributed by atoms with Gasteiger partial charge < -0.3 is 9.84 Å². The lowest BCUT2D eigenvalue weighted by atomic mass is 9.81. The quantitative estimate of drug-likeness (QED) is 0.560. The molecule has 0 bridgehead atoms. The maximum absolute atomic E-state index is 11.5. The van der Waals surface area contributed by atoms with E-state index >= 15 is 0 Å². The van der Waals surface area contributed by atoms with Gasteiger partial charge in [0.05, 0.1) is 0 Å². The highest BCUT2D eigenvalue weighted by molar-refractivity contribution is 6.20. The van der Waals surface area contributed by atoms with Crippen molar-refractivity contribution in [1.82, 2.24) is 0 Å². The van der Waals surface area contributed by atoms with E-state index in [1.54, 1.807) is 6.92 Å². The van der Waals surface area contributed by atoms with Gasteiger partial charge >= 0.3 is 6.16 Å². The molecule has 1 aliphatic rings. The highest BCUT2D eigenvalue weighted by atomic mass is 16.7. The van der Waals surface area contributed by atoms with E-state index in [4.69, 9.17) is 5.11 Å². The Hall–Kier alpha value is -1.72. The van der Waals surface area contributed by atoms with Gasteiger partial charge in [-0.05, 0) is 0 Å². The summed E-state index contributed by atoms with van der Waals surface area (Å²) >= 11 is 0. The second kappa shape index (κ2) is 4.87. The Balaban J connectivity index is 2.71. The van der Waals surface area contributed by atoms with Crippen LogP contribution in [-0.4, -0.2) is 34.7 Å². The first kappa shape index (κ1) is 12.4. The second-order valence-electron chi connectivity index (χ2n) is 3.60. The van der Waals surface area contributed by atoms with Crippen LogP contribution in [0, 0.1) is 5.92 Å². The van der Waals surface area contributed by atoms with E-state index in [1.165, 1.54) is 0 Å². The molecule has 0 saturated heterocycles. The minimum absolute atomic E-state index is 0.118. The van der Waals surface area contributed by atoms with Crippen molar-refractivity contribution < 1.29 is 29.0 Å². The van der Waals surface area contributed by atoms with Crippen LogP contribution in [-0.2, 0) is 19.1 Å². The Morgan fingerprint density at radius 1 is 1.31 bits per heavy atom. The van der Waals surface area contributed by atoms with Crippen molar-refractivity contribution in [2.75, 3.05) is 0 Å². The molecular formula is C10H12O6. The maximum Gasteiger partial charge on any atom is 0.506 e. The lowest BCUT2D eigenvalue weighted by Gasteiger charge is -2.24. The zero-order chi connectivity index (χ0) is 12.3. The molecule has 0 unspecified atom stereocenters. The summed E-state index contributed by atoms with van der Waals surface area (Å²) in [5.41, 5.74) is 0. The van der Waals surface area contributed by atoms with Gasteiger partial charge in [0.2, 0.25) is 0 Å². The Labute approximate surface area is 91.6 Å². The largest absolute Gasteiger partial charge is 0.506 e. The van der Waals surface area contributed by atoms with E-state index in [2.05, 4.69) is 4.74 Å². The molecule has 0 aromatic heterocycles. The summed E-state index contributed by atoms with van der Waals surface area (Å²) in [6.07, 6.45) is -2.75. The number of carbonyl (C=O) groups is 4. The predicted octanol–water partition coefficient (Wildman–Crippen LogP) is 0.577. The molecule has 0 aromatic rings. The van der Waals surface area contributed by atoms with Crippen molar-refractivity contribution in [2.45, 2.75) is 32.3 Å². The first-order valence-corrected chi connectivity index (χ1v) is 4.93. The fourth-order valence-electron chi connectivity index (χ4n) is 1.73. The summed E-state index contributed by atoms with van der Waals surface area (Å²) < 4.78 is 4.36. The molecule has 1 fully saturated rings. The zero-order valence-electron chi connectivity index (χ0n) is 8.76. The standard InChI is InChI=1S/C10H12O6/c1-2-6(11)9-7(12)3-5(4-8(9)13)16-10(14)15/h5,9H,2-4H2,1H3,(H,14,15). The van der Waals surface area contributed by atoms with Gasteiger partial charge in [-0.1, -0.05) is 6.92 Å². The molecule has 1 saturated carbocycles. The SMILES string of the molecule is CCC(=O)C1C(=O)CC(OC(=O)O)CC1=O. The van der Waals surface area contributed by atoms with Crippen LogP contribution in [0.5, 0.6) is 0 Å². The summed E-state index contributed by atoms with van der Waals surface area (Å²) in [6, 6.07) is 0. The molecule has 0 radical (unpaired) electrons. The lowest BCUT2D eigenvalue weighted by Crippen LogP contribution is -2.41. The number of Topliss-reactive ketones (excluding diaryl/α,β-unsaturated/α-hetero) is 3. The molecule has 1 rings (SSSR count). The van der Waals surface area contributed by atoms with Gasteiger partial charge in [0, 0.05) is 19.3 Å². The summed E-state index contributed by atoms with van der Waals surface area (Å²) in [6.45, 7) is 1.57. The molecule has 0 heterocycles. The van der Waals surface area contributed by atoms with Crippen LogP contribution >= 0.6 is 0 Å². The van der Waals surface area contributed by atoms with Crippen LogP contribution in [0.15, 0.2) is 0 Å². The molecule has 0 amide bonds. The first-order valence-electron chi connectivity index (χ1n) is 4.93. The number of hydrogen-bond acceptors (Lipinski definition) is 5. The lowest BCUT2D eigenvalue weighted by molar-refractivity contribution is -0.145. The molecular weight excluding hydrogens is 216 g/mol. The summed E-state index contributed by atoms with van der Waals surface area (Å²) in [7, 11) is 0. The highest BCUT2D eigenvalue weighted by Gasteiger charge is 2.40. The average Bonchev–Trinajstić information content (AvgIpc) is 2.15. The second-order valence-corrected chi connectivity index (χ2v) is 3.60. The Morgan fingerprint density at radius 3 is 2.19 bits per heavy atom. The van der Waals surface area contributed by atoms with Crippen LogP contribution in [0.4, 0.5) is 4.79 Å². The summed E-state index contributed by atoms with van der Waals surface area (Å²) in [4.78, 5) is 44.5. The molecule has 1 aliphatic carbocycles. The third-order valence-corrected chi connectivity index (χ3v) is 2.44. The molecule has 6 nitrogen and oxygen atoms in total. The molecule has 88 valence electrons. The van der Waals surface area contributed by atoms with Crippen LogP contribution in [0.25, 0.3) is 0 Å². The minimum atomic E-state index is -1.52. The average molecular weight is 228 g/mol. The van der Waals surface area contributed by atoms with E-state index in [9.17, 15) is 19.2 Å². The first-order chi connectivity index (χ1) is 7.45. The number of carboxylic acid groups (broad SMARTS) is 1. The van der Waals surface area contributed by atoms with Gasteiger partial charge in [-0.15, -0.1) is 0 Å². The molecule has 0 spiro atoms. The third kappa shape index (κ3) is 2.65. The summed E-state index contributed by atoms with van der Waals surface area (Å²) in [5, 5.41) is 8.35. The molecule has 0 aliphatic heterocycles. The summed E-state index contributed by atoms with van der Waals surface area (Å²) in [5.74, 6) is -2.72. The Bertz CT molecular complexity index is 327. The van der Waals surface area contributed by atoms with E-state index in [0.29, 0.717) is 0 Å². The molecule has 1 N–H and O–H groups in total. The monoisotopic (exact) mass is 228 g/mol. The van der Waals surface area contributed by atoms with Crippen molar-refractivity contribution in [1.29, 1.82) is 0 Å². The third-order valence-electron chi connectivity index (χ3n) is 2.44. The van der Waals surface area contributed by atoms with Gasteiger partial charge in [-0.25, -0.2) is 4.79 Å². The van der Waals surface area contributed by atoms with Gasteiger partial charge in [0.1, 0.15) is 12.0 Å². The van der Waals surface area contributed by atoms with E-state index < -0.39 is 35.5 Å². The fourth-order valence-corrected chi connectivity index (χ4v) is 1.73. The number of hydrogen-bond donors (Lipinski definition) is 1. The smallest absolute Gasteiger partial charge is 0.450 e. The zero-order valence-corrected chi connectivity index (χ0v) is 8.76. The van der Waals surface area contributed by atoms with E-state index in [-0.39, 0.29) is 19.3 Å². The molecule has 0 atom stereocenters. The van der Waals surface area contributed by atoms with Crippen LogP contribution < -0.4 is 0 Å². The van der Waals surface area contributed by atoms with Gasteiger partial charge in [-0.2, -0.15) is 0 Å². The van der Waals surface area contributed by atoms with Crippen LogP contribution in [0.2, 0.25) is 0 Å². The van der Waals surface area contributed by atoms with Gasteiger partial charge in [-0.3, -0.25) is 14.4 Å². The van der Waals surface area contributed by atoms with E-state index in [1.807, 2.05) is 0 Å². The van der Waals surface area contributed by atoms with Crippen molar-refractivity contribution in [3.05, 3.63) is 0 Å². The Morgan fingerprint density at radius 2 is 1.81 bits per heavy atom.